The molecule has 19 heavy (non-hydrogen) atoms. The number of carbonyl (C=O) groups is 1. The molecule has 3 rings (SSSR count). The number of carboxylic acids is 1. The molecule has 5 heteroatoms. The molecule has 3 N–H and O–H groups in total. The number of rotatable bonds is 2. The van der Waals surface area contributed by atoms with Crippen LogP contribution in [0.15, 0.2) is 30.5 Å². The van der Waals surface area contributed by atoms with Gasteiger partial charge in [0.2, 0.25) is 0 Å². The summed E-state index contributed by atoms with van der Waals surface area (Å²) in [7, 11) is 0. The molecule has 1 unspecified atom stereocenters. The van der Waals surface area contributed by atoms with Crippen LogP contribution in [-0.4, -0.2) is 28.6 Å². The van der Waals surface area contributed by atoms with Gasteiger partial charge in [0.05, 0.1) is 0 Å². The van der Waals surface area contributed by atoms with E-state index in [1.807, 2.05) is 29.2 Å². The Morgan fingerprint density at radius 3 is 3.00 bits per heavy atom. The van der Waals surface area contributed by atoms with Crippen LogP contribution in [0, 0.1) is 0 Å². The van der Waals surface area contributed by atoms with Crippen LogP contribution in [0.2, 0.25) is 0 Å². The molecule has 2 aromatic rings. The van der Waals surface area contributed by atoms with Crippen LogP contribution in [0.5, 0.6) is 0 Å². The average molecular weight is 257 g/mol. The normalized spacial score (nSPS) is 18.9. The van der Waals surface area contributed by atoms with E-state index in [1.54, 1.807) is 6.20 Å². The number of carboxylic acid groups (broad SMARTS) is 1. The van der Waals surface area contributed by atoms with Crippen molar-refractivity contribution in [1.82, 2.24) is 4.98 Å². The number of fused-ring (bicyclic) bond motifs is 1. The lowest BCUT2D eigenvalue weighted by Crippen LogP contribution is -2.36. The van der Waals surface area contributed by atoms with Crippen molar-refractivity contribution in [3.63, 3.8) is 0 Å². The molecule has 0 saturated carbocycles. The topological polar surface area (TPSA) is 79.5 Å². The van der Waals surface area contributed by atoms with Gasteiger partial charge in [0, 0.05) is 29.2 Å². The van der Waals surface area contributed by atoms with Crippen molar-refractivity contribution >= 4 is 28.2 Å². The van der Waals surface area contributed by atoms with Gasteiger partial charge >= 0.3 is 5.97 Å². The van der Waals surface area contributed by atoms with E-state index >= 15 is 0 Å². The first kappa shape index (κ1) is 11.8. The minimum atomic E-state index is -0.791. The fourth-order valence-electron chi connectivity index (χ4n) is 2.72. The van der Waals surface area contributed by atoms with Gasteiger partial charge in [0.15, 0.2) is 0 Å². The molecule has 1 fully saturated rings. The Balaban J connectivity index is 2.15. The highest BCUT2D eigenvalue weighted by Gasteiger charge is 2.32. The summed E-state index contributed by atoms with van der Waals surface area (Å²) in [5.74, 6) is -0.0742. The van der Waals surface area contributed by atoms with Crippen LogP contribution in [0.1, 0.15) is 12.8 Å². The maximum absolute atomic E-state index is 11.3. The van der Waals surface area contributed by atoms with E-state index in [1.165, 1.54) is 0 Å². The summed E-state index contributed by atoms with van der Waals surface area (Å²) in [5, 5.41) is 11.1. The monoisotopic (exact) mass is 257 g/mol. The summed E-state index contributed by atoms with van der Waals surface area (Å²) in [6.07, 6.45) is 3.22. The molecule has 98 valence electrons. The van der Waals surface area contributed by atoms with Crippen molar-refractivity contribution in [2.75, 3.05) is 17.2 Å². The molecule has 2 heterocycles. The highest BCUT2D eigenvalue weighted by molar-refractivity contribution is 6.00. The van der Waals surface area contributed by atoms with E-state index in [2.05, 4.69) is 4.98 Å². The Morgan fingerprint density at radius 2 is 2.21 bits per heavy atom. The van der Waals surface area contributed by atoms with Crippen LogP contribution in [-0.2, 0) is 4.79 Å². The van der Waals surface area contributed by atoms with Crippen molar-refractivity contribution in [3.8, 4) is 0 Å². The van der Waals surface area contributed by atoms with Gasteiger partial charge in [-0.05, 0) is 25.0 Å². The molecule has 5 nitrogen and oxygen atoms in total. The largest absolute Gasteiger partial charge is 0.480 e. The molecular formula is C14H15N3O2. The molecule has 0 aliphatic carbocycles. The number of aromatic nitrogens is 1. The number of aliphatic carboxylic acids is 1. The molecule has 1 aliphatic heterocycles. The van der Waals surface area contributed by atoms with Crippen molar-refractivity contribution in [3.05, 3.63) is 30.5 Å². The quantitative estimate of drug-likeness (QED) is 0.803. The Labute approximate surface area is 110 Å². The van der Waals surface area contributed by atoms with Gasteiger partial charge in [0.1, 0.15) is 11.9 Å². The number of nitrogen functional groups attached to an aromatic ring is 1. The van der Waals surface area contributed by atoms with E-state index < -0.39 is 12.0 Å². The highest BCUT2D eigenvalue weighted by Crippen LogP contribution is 2.32. The number of hydrogen-bond donors (Lipinski definition) is 2. The number of pyridine rings is 1. The van der Waals surface area contributed by atoms with Crippen LogP contribution < -0.4 is 10.6 Å². The molecule has 1 atom stereocenters. The Hall–Kier alpha value is -2.30. The number of benzene rings is 1. The minimum Gasteiger partial charge on any atom is -0.480 e. The highest BCUT2D eigenvalue weighted by atomic mass is 16.4. The third kappa shape index (κ3) is 1.87. The van der Waals surface area contributed by atoms with E-state index in [0.717, 1.165) is 29.6 Å². The number of hydrogen-bond acceptors (Lipinski definition) is 4. The maximum atomic E-state index is 11.3. The van der Waals surface area contributed by atoms with Crippen LogP contribution in [0.25, 0.3) is 10.8 Å². The zero-order valence-electron chi connectivity index (χ0n) is 10.4. The lowest BCUT2D eigenvalue weighted by atomic mass is 10.1. The van der Waals surface area contributed by atoms with Gasteiger partial charge in [-0.25, -0.2) is 9.78 Å². The maximum Gasteiger partial charge on any atom is 0.326 e. The smallest absolute Gasteiger partial charge is 0.326 e. The lowest BCUT2D eigenvalue weighted by Gasteiger charge is -2.24. The summed E-state index contributed by atoms with van der Waals surface area (Å²) in [6, 6.07) is 7.02. The third-order valence-electron chi connectivity index (χ3n) is 3.63. The predicted octanol–water partition coefficient (Wildman–Crippen LogP) is 1.87. The Bertz CT molecular complexity index is 642. The summed E-state index contributed by atoms with van der Waals surface area (Å²) in [5.41, 5.74) is 6.64. The fraction of sp³-hybridized carbons (Fsp3) is 0.286. The zero-order chi connectivity index (χ0) is 13.4. The van der Waals surface area contributed by atoms with E-state index in [-0.39, 0.29) is 0 Å². The molecular weight excluding hydrogens is 242 g/mol. The molecule has 1 saturated heterocycles. The van der Waals surface area contributed by atoms with E-state index in [0.29, 0.717) is 12.1 Å². The first-order chi connectivity index (χ1) is 9.18. The van der Waals surface area contributed by atoms with Crippen molar-refractivity contribution in [1.29, 1.82) is 0 Å². The number of nitrogens with zero attached hydrogens (tertiary/aromatic N) is 2. The summed E-state index contributed by atoms with van der Waals surface area (Å²) in [6.45, 7) is 0.720. The fourth-order valence-corrected chi connectivity index (χ4v) is 2.72. The van der Waals surface area contributed by atoms with Crippen molar-refractivity contribution in [2.24, 2.45) is 0 Å². The SMILES string of the molecule is Nc1cccc2c(N3CCCC3C(=O)O)nccc12. The van der Waals surface area contributed by atoms with Gasteiger partial charge in [0.25, 0.3) is 0 Å². The van der Waals surface area contributed by atoms with Crippen LogP contribution in [0.3, 0.4) is 0 Å². The number of nitrogens with two attached hydrogens (primary N) is 1. The molecule has 1 aromatic carbocycles. The lowest BCUT2D eigenvalue weighted by molar-refractivity contribution is -0.138. The predicted molar refractivity (Wildman–Crippen MR) is 74.2 cm³/mol. The summed E-state index contributed by atoms with van der Waals surface area (Å²) in [4.78, 5) is 17.5. The zero-order valence-corrected chi connectivity index (χ0v) is 10.4. The molecule has 0 spiro atoms. The first-order valence-electron chi connectivity index (χ1n) is 6.31. The van der Waals surface area contributed by atoms with E-state index in [9.17, 15) is 9.90 Å². The van der Waals surface area contributed by atoms with Crippen LogP contribution >= 0.6 is 0 Å². The van der Waals surface area contributed by atoms with Crippen molar-refractivity contribution in [2.45, 2.75) is 18.9 Å². The summed E-state index contributed by atoms with van der Waals surface area (Å²) < 4.78 is 0. The standard InChI is InChI=1S/C14H15N3O2/c15-11-4-1-3-10-9(11)6-7-16-13(10)17-8-2-5-12(17)14(18)19/h1,3-4,6-7,12H,2,5,8,15H2,(H,18,19). The molecule has 1 aliphatic rings. The second-order valence-corrected chi connectivity index (χ2v) is 4.77. The average Bonchev–Trinajstić information content (AvgIpc) is 2.88. The Kier molecular flexibility index (Phi) is 2.74. The summed E-state index contributed by atoms with van der Waals surface area (Å²) >= 11 is 0. The Morgan fingerprint density at radius 1 is 1.37 bits per heavy atom. The van der Waals surface area contributed by atoms with Crippen molar-refractivity contribution < 1.29 is 9.90 Å². The molecule has 0 bridgehead atoms. The minimum absolute atomic E-state index is 0.487. The third-order valence-corrected chi connectivity index (χ3v) is 3.63. The van der Waals surface area contributed by atoms with Gasteiger partial charge in [-0.2, -0.15) is 0 Å². The van der Waals surface area contributed by atoms with Crippen LogP contribution in [0.4, 0.5) is 11.5 Å². The molecule has 0 radical (unpaired) electrons. The number of anilines is 2. The van der Waals surface area contributed by atoms with Gasteiger partial charge in [-0.15, -0.1) is 0 Å². The molecule has 1 aromatic heterocycles. The van der Waals surface area contributed by atoms with Gasteiger partial charge in [-0.1, -0.05) is 12.1 Å². The second kappa shape index (κ2) is 4.42. The second-order valence-electron chi connectivity index (χ2n) is 4.77. The molecule has 0 amide bonds. The van der Waals surface area contributed by atoms with E-state index in [4.69, 9.17) is 5.73 Å². The van der Waals surface area contributed by atoms with Gasteiger partial charge < -0.3 is 15.7 Å². The van der Waals surface area contributed by atoms with Gasteiger partial charge in [-0.3, -0.25) is 0 Å². The first-order valence-corrected chi connectivity index (χ1v) is 6.31.